The fourth-order valence-electron chi connectivity index (χ4n) is 4.16. The molecule has 2 aliphatic rings. The first kappa shape index (κ1) is 21.4. The highest BCUT2D eigenvalue weighted by Gasteiger charge is 2.39. The molecule has 1 fully saturated rings. The maximum atomic E-state index is 12.7. The zero-order valence-electron chi connectivity index (χ0n) is 17.4. The molecule has 0 radical (unpaired) electrons. The molecule has 2 atom stereocenters. The fourth-order valence-corrected chi connectivity index (χ4v) is 4.98. The molecule has 0 aromatic heterocycles. The third-order valence-electron chi connectivity index (χ3n) is 5.52. The van der Waals surface area contributed by atoms with Crippen LogP contribution >= 0.6 is 0 Å². The van der Waals surface area contributed by atoms with Crippen LogP contribution < -0.4 is 9.46 Å². The number of cyclic esters (lactones) is 1. The van der Waals surface area contributed by atoms with Crippen LogP contribution in [-0.2, 0) is 21.2 Å². The van der Waals surface area contributed by atoms with Gasteiger partial charge in [0.2, 0.25) is 10.0 Å². The van der Waals surface area contributed by atoms with Crippen LogP contribution in [0.3, 0.4) is 0 Å². The number of hydrogen-bond acceptors (Lipinski definition) is 5. The highest BCUT2D eigenvalue weighted by Crippen LogP contribution is 2.31. The number of nitrogens with zero attached hydrogens (tertiary/aromatic N) is 1. The minimum atomic E-state index is -3.41. The Hall–Kier alpha value is -2.84. The lowest BCUT2D eigenvalue weighted by atomic mass is 9.96. The van der Waals surface area contributed by atoms with Crippen molar-refractivity contribution in [2.75, 3.05) is 26.0 Å². The largest absolute Gasteiger partial charge is 0.489 e. The van der Waals surface area contributed by atoms with Gasteiger partial charge in [-0.3, -0.25) is 0 Å². The van der Waals surface area contributed by atoms with Crippen molar-refractivity contribution >= 4 is 16.1 Å². The predicted molar refractivity (Wildman–Crippen MR) is 118 cm³/mol. The van der Waals surface area contributed by atoms with Crippen LogP contribution in [0.25, 0.3) is 11.1 Å². The number of para-hydroxylation sites is 1. The van der Waals surface area contributed by atoms with Gasteiger partial charge in [-0.25, -0.2) is 17.9 Å². The molecule has 1 saturated heterocycles. The van der Waals surface area contributed by atoms with E-state index >= 15 is 0 Å². The van der Waals surface area contributed by atoms with Gasteiger partial charge in [0, 0.05) is 18.2 Å². The van der Waals surface area contributed by atoms with Gasteiger partial charge in [0.05, 0.1) is 12.3 Å². The maximum Gasteiger partial charge on any atom is 0.410 e. The highest BCUT2D eigenvalue weighted by atomic mass is 32.2. The van der Waals surface area contributed by atoms with Crippen molar-refractivity contribution in [3.63, 3.8) is 0 Å². The molecule has 7 nitrogen and oxygen atoms in total. The van der Waals surface area contributed by atoms with Crippen LogP contribution in [0.4, 0.5) is 4.79 Å². The van der Waals surface area contributed by atoms with Gasteiger partial charge in [-0.2, -0.15) is 0 Å². The molecule has 164 valence electrons. The van der Waals surface area contributed by atoms with Gasteiger partial charge in [-0.1, -0.05) is 42.5 Å². The van der Waals surface area contributed by atoms with Crippen molar-refractivity contribution in [3.8, 4) is 16.9 Å². The first-order valence-corrected chi connectivity index (χ1v) is 12.2. The summed E-state index contributed by atoms with van der Waals surface area (Å²) in [5.74, 6) is 0.773. The second-order valence-electron chi connectivity index (χ2n) is 7.81. The predicted octanol–water partition coefficient (Wildman–Crippen LogP) is 2.97. The zero-order valence-corrected chi connectivity index (χ0v) is 18.2. The Labute approximate surface area is 182 Å². The summed E-state index contributed by atoms with van der Waals surface area (Å²) in [7, 11) is -3.41. The Morgan fingerprint density at radius 2 is 1.81 bits per heavy atom. The number of carbonyl (C=O) groups is 1. The van der Waals surface area contributed by atoms with E-state index in [1.54, 1.807) is 11.0 Å². The van der Waals surface area contributed by atoms with Gasteiger partial charge in [0.15, 0.2) is 0 Å². The Morgan fingerprint density at radius 3 is 2.61 bits per heavy atom. The average Bonchev–Trinajstić information content (AvgIpc) is 3.11. The summed E-state index contributed by atoms with van der Waals surface area (Å²) in [5.41, 5.74) is 2.99. The summed E-state index contributed by atoms with van der Waals surface area (Å²) < 4.78 is 37.8. The topological polar surface area (TPSA) is 84.9 Å². The van der Waals surface area contributed by atoms with Crippen LogP contribution in [-0.4, -0.2) is 57.5 Å². The molecule has 2 bridgehead atoms. The summed E-state index contributed by atoms with van der Waals surface area (Å²) in [6, 6.07) is 15.2. The van der Waals surface area contributed by atoms with E-state index in [0.29, 0.717) is 26.0 Å². The minimum absolute atomic E-state index is 0.130. The van der Waals surface area contributed by atoms with Crippen molar-refractivity contribution in [2.24, 2.45) is 0 Å². The number of benzene rings is 2. The van der Waals surface area contributed by atoms with Gasteiger partial charge < -0.3 is 14.4 Å². The summed E-state index contributed by atoms with van der Waals surface area (Å²) in [6.45, 7) is 0.929. The molecule has 4 rings (SSSR count). The van der Waals surface area contributed by atoms with E-state index in [4.69, 9.17) is 9.47 Å². The van der Waals surface area contributed by atoms with Crippen molar-refractivity contribution in [2.45, 2.75) is 24.9 Å². The SMILES string of the molecule is CS(=O)(=O)N[C@H]1CCN2C(=O)OC/C=C/COc3ccccc3-c3cccc(c3)C[C@@H]12. The molecule has 2 aliphatic heterocycles. The maximum absolute atomic E-state index is 12.7. The Kier molecular flexibility index (Phi) is 6.29. The van der Waals surface area contributed by atoms with E-state index in [1.165, 1.54) is 0 Å². The van der Waals surface area contributed by atoms with E-state index in [2.05, 4.69) is 10.8 Å². The number of fused-ring (bicyclic) bond motifs is 5. The molecule has 1 N–H and O–H groups in total. The molecule has 2 aromatic rings. The monoisotopic (exact) mass is 442 g/mol. The molecule has 0 aliphatic carbocycles. The van der Waals surface area contributed by atoms with Crippen molar-refractivity contribution in [3.05, 3.63) is 66.2 Å². The molecule has 0 unspecified atom stereocenters. The standard InChI is InChI=1S/C23H26N2O5S/c1-31(27,28)24-20-11-12-25-21(20)16-17-7-6-8-18(15-17)19-9-2-3-10-22(19)29-13-4-5-14-30-23(25)26/h2-10,15,20-21,24H,11-14,16H2,1H3/b5-4+/t20-,21-/m0/s1. The van der Waals surface area contributed by atoms with Crippen LogP contribution in [0.1, 0.15) is 12.0 Å². The number of nitrogens with one attached hydrogen (secondary N) is 1. The van der Waals surface area contributed by atoms with E-state index in [9.17, 15) is 13.2 Å². The molecule has 1 amide bonds. The van der Waals surface area contributed by atoms with Gasteiger partial charge in [-0.15, -0.1) is 0 Å². The zero-order chi connectivity index (χ0) is 21.8. The van der Waals surface area contributed by atoms with E-state index in [-0.39, 0.29) is 18.7 Å². The first-order valence-electron chi connectivity index (χ1n) is 10.3. The molecule has 2 heterocycles. The normalized spacial score (nSPS) is 22.9. The molecule has 0 saturated carbocycles. The van der Waals surface area contributed by atoms with E-state index < -0.39 is 16.1 Å². The Bertz CT molecular complexity index is 1080. The number of ether oxygens (including phenoxy) is 2. The summed E-state index contributed by atoms with van der Waals surface area (Å²) in [5, 5.41) is 0. The summed E-state index contributed by atoms with van der Waals surface area (Å²) in [6.07, 6.45) is 5.31. The highest BCUT2D eigenvalue weighted by molar-refractivity contribution is 7.88. The average molecular weight is 443 g/mol. The lowest BCUT2D eigenvalue weighted by Crippen LogP contribution is -2.47. The van der Waals surface area contributed by atoms with E-state index in [1.807, 2.05) is 48.5 Å². The second kappa shape index (κ2) is 9.11. The van der Waals surface area contributed by atoms with Crippen molar-refractivity contribution in [1.29, 1.82) is 0 Å². The van der Waals surface area contributed by atoms with Crippen molar-refractivity contribution in [1.82, 2.24) is 9.62 Å². The third-order valence-corrected chi connectivity index (χ3v) is 6.25. The van der Waals surface area contributed by atoms with Gasteiger partial charge in [0.1, 0.15) is 19.0 Å². The molecular formula is C23H26N2O5S. The fraction of sp³-hybridized carbons (Fsp3) is 0.348. The Morgan fingerprint density at radius 1 is 1.03 bits per heavy atom. The Balaban J connectivity index is 1.72. The lowest BCUT2D eigenvalue weighted by Gasteiger charge is -2.28. The molecular weight excluding hydrogens is 416 g/mol. The van der Waals surface area contributed by atoms with Crippen LogP contribution in [0.2, 0.25) is 0 Å². The van der Waals surface area contributed by atoms with Crippen LogP contribution in [0.5, 0.6) is 5.75 Å². The number of carbonyl (C=O) groups excluding carboxylic acids is 1. The molecule has 0 spiro atoms. The number of rotatable bonds is 2. The molecule has 31 heavy (non-hydrogen) atoms. The summed E-state index contributed by atoms with van der Waals surface area (Å²) >= 11 is 0. The number of amides is 1. The number of sulfonamides is 1. The van der Waals surface area contributed by atoms with Gasteiger partial charge in [0.25, 0.3) is 0 Å². The first-order chi connectivity index (χ1) is 14.9. The van der Waals surface area contributed by atoms with Gasteiger partial charge in [-0.05, 0) is 42.2 Å². The van der Waals surface area contributed by atoms with Gasteiger partial charge >= 0.3 is 6.09 Å². The second-order valence-corrected chi connectivity index (χ2v) is 9.59. The quantitative estimate of drug-likeness (QED) is 0.723. The molecule has 2 aromatic carbocycles. The van der Waals surface area contributed by atoms with Crippen molar-refractivity contribution < 1.29 is 22.7 Å². The van der Waals surface area contributed by atoms with E-state index in [0.717, 1.165) is 28.7 Å². The number of hydrogen-bond donors (Lipinski definition) is 1. The van der Waals surface area contributed by atoms with Crippen LogP contribution in [0.15, 0.2) is 60.7 Å². The minimum Gasteiger partial charge on any atom is -0.489 e. The third kappa shape index (κ3) is 5.26. The van der Waals surface area contributed by atoms with Crippen LogP contribution in [0, 0.1) is 0 Å². The molecule has 8 heteroatoms. The summed E-state index contributed by atoms with van der Waals surface area (Å²) in [4.78, 5) is 14.3. The lowest BCUT2D eigenvalue weighted by molar-refractivity contribution is 0.106. The smallest absolute Gasteiger partial charge is 0.410 e.